The Morgan fingerprint density at radius 2 is 1.89 bits per heavy atom. The number of carbonyl (C=O) groups is 1. The molecule has 1 aromatic carbocycles. The van der Waals surface area contributed by atoms with Crippen molar-refractivity contribution in [3.8, 4) is 5.75 Å². The monoisotopic (exact) mass is 404 g/mol. The summed E-state index contributed by atoms with van der Waals surface area (Å²) < 4.78 is 7.49. The highest BCUT2D eigenvalue weighted by Gasteiger charge is 2.16. The van der Waals surface area contributed by atoms with Crippen LogP contribution in [0.25, 0.3) is 10.2 Å². The first-order valence-electron chi connectivity index (χ1n) is 9.02. The number of hydrogen-bond donors (Lipinski definition) is 2. The third-order valence-corrected chi connectivity index (χ3v) is 5.58. The number of fused-ring (bicyclic) bond motifs is 1. The van der Waals surface area contributed by atoms with Gasteiger partial charge in [0.05, 0.1) is 12.0 Å². The fraction of sp³-hybridized carbons (Fsp3) is 0.381. The van der Waals surface area contributed by atoms with Gasteiger partial charge in [-0.2, -0.15) is 12.6 Å². The van der Waals surface area contributed by atoms with E-state index in [1.54, 1.807) is 24.7 Å². The quantitative estimate of drug-likeness (QED) is 0.322. The van der Waals surface area contributed by atoms with Crippen LogP contribution in [0.5, 0.6) is 5.75 Å². The van der Waals surface area contributed by atoms with E-state index >= 15 is 0 Å². The Morgan fingerprint density at radius 3 is 2.52 bits per heavy atom. The second-order valence-corrected chi connectivity index (χ2v) is 7.21. The fourth-order valence-electron chi connectivity index (χ4n) is 3.02. The predicted molar refractivity (Wildman–Crippen MR) is 119 cm³/mol. The van der Waals surface area contributed by atoms with Crippen molar-refractivity contribution in [3.63, 3.8) is 0 Å². The second kappa shape index (κ2) is 10.5. The van der Waals surface area contributed by atoms with E-state index in [1.165, 1.54) is 10.5 Å². The Hall–Kier alpha value is -1.76. The van der Waals surface area contributed by atoms with Crippen LogP contribution in [0.3, 0.4) is 0 Å². The first kappa shape index (κ1) is 21.5. The molecule has 0 aliphatic carbocycles. The van der Waals surface area contributed by atoms with Crippen molar-refractivity contribution in [3.05, 3.63) is 52.5 Å². The molecule has 146 valence electrons. The summed E-state index contributed by atoms with van der Waals surface area (Å²) in [5.74, 6) is 0.833. The summed E-state index contributed by atoms with van der Waals surface area (Å²) in [4.78, 5) is 14.7. The largest absolute Gasteiger partial charge is 0.497 e. The first-order chi connectivity index (χ1) is 13.1. The van der Waals surface area contributed by atoms with Crippen molar-refractivity contribution < 1.29 is 9.53 Å². The molecular formula is C21H28N2O2S2. The zero-order valence-corrected chi connectivity index (χ0v) is 18.1. The van der Waals surface area contributed by atoms with Crippen LogP contribution < -0.4 is 10.1 Å². The third kappa shape index (κ3) is 5.15. The van der Waals surface area contributed by atoms with Crippen LogP contribution in [0.15, 0.2) is 36.4 Å². The summed E-state index contributed by atoms with van der Waals surface area (Å²) in [6.07, 6.45) is 3.98. The molecule has 0 fully saturated rings. The number of aryl methyl sites for hydroxylation is 2. The van der Waals surface area contributed by atoms with E-state index in [0.29, 0.717) is 5.56 Å². The van der Waals surface area contributed by atoms with E-state index in [2.05, 4.69) is 35.5 Å². The molecule has 0 radical (unpaired) electrons. The maximum absolute atomic E-state index is 12.8. The molecular weight excluding hydrogens is 376 g/mol. The zero-order valence-electron chi connectivity index (χ0n) is 16.4. The number of unbranched alkanes of at least 4 members (excludes halogenated alkanes) is 1. The molecule has 4 nitrogen and oxygen atoms in total. The normalized spacial score (nSPS) is 10.6. The molecule has 3 aromatic rings. The SMILES string of the molecule is CNCCCCn1c(C)cc2cc(C(=O)c3ccc(OC)cc3)sc21.CS. The van der Waals surface area contributed by atoms with Crippen LogP contribution >= 0.6 is 24.0 Å². The van der Waals surface area contributed by atoms with Gasteiger partial charge in [0.2, 0.25) is 5.78 Å². The summed E-state index contributed by atoms with van der Waals surface area (Å²) in [5.41, 5.74) is 1.95. The number of thiol groups is 1. The number of hydrogen-bond acceptors (Lipinski definition) is 5. The van der Waals surface area contributed by atoms with Crippen LogP contribution in [0, 0.1) is 6.92 Å². The van der Waals surface area contributed by atoms with Gasteiger partial charge in [-0.05, 0) is 76.0 Å². The smallest absolute Gasteiger partial charge is 0.203 e. The lowest BCUT2D eigenvalue weighted by atomic mass is 10.1. The Bertz CT molecular complexity index is 866. The summed E-state index contributed by atoms with van der Waals surface area (Å²) in [5, 5.41) is 4.34. The van der Waals surface area contributed by atoms with E-state index in [0.717, 1.165) is 41.9 Å². The van der Waals surface area contributed by atoms with Crippen LogP contribution in [0.2, 0.25) is 0 Å². The number of ketones is 1. The van der Waals surface area contributed by atoms with Crippen molar-refractivity contribution >= 4 is 40.0 Å². The molecule has 0 spiro atoms. The number of nitrogens with one attached hydrogen (secondary N) is 1. The number of nitrogens with zero attached hydrogens (tertiary/aromatic N) is 1. The molecule has 0 saturated carbocycles. The summed E-state index contributed by atoms with van der Waals surface area (Å²) >= 11 is 5.12. The number of methoxy groups -OCH3 is 1. The van der Waals surface area contributed by atoms with Gasteiger partial charge in [-0.25, -0.2) is 0 Å². The highest BCUT2D eigenvalue weighted by Crippen LogP contribution is 2.31. The molecule has 0 bridgehead atoms. The number of ether oxygens (including phenoxy) is 1. The van der Waals surface area contributed by atoms with Crippen molar-refractivity contribution in [2.75, 3.05) is 27.0 Å². The molecule has 0 unspecified atom stereocenters. The van der Waals surface area contributed by atoms with Gasteiger partial charge in [0, 0.05) is 23.2 Å². The zero-order chi connectivity index (χ0) is 19.8. The summed E-state index contributed by atoms with van der Waals surface area (Å²) in [6, 6.07) is 11.5. The van der Waals surface area contributed by atoms with Gasteiger partial charge in [0.25, 0.3) is 0 Å². The van der Waals surface area contributed by atoms with Gasteiger partial charge < -0.3 is 14.6 Å². The van der Waals surface area contributed by atoms with E-state index in [1.807, 2.05) is 37.4 Å². The van der Waals surface area contributed by atoms with Crippen molar-refractivity contribution in [1.29, 1.82) is 0 Å². The Labute approximate surface area is 170 Å². The van der Waals surface area contributed by atoms with Crippen LogP contribution in [-0.2, 0) is 6.54 Å². The van der Waals surface area contributed by atoms with Crippen LogP contribution in [0.1, 0.15) is 33.8 Å². The van der Waals surface area contributed by atoms with Crippen molar-refractivity contribution in [2.45, 2.75) is 26.3 Å². The fourth-order valence-corrected chi connectivity index (χ4v) is 4.21. The number of rotatable bonds is 8. The minimum absolute atomic E-state index is 0.0724. The van der Waals surface area contributed by atoms with Gasteiger partial charge >= 0.3 is 0 Å². The lowest BCUT2D eigenvalue weighted by Crippen LogP contribution is -2.09. The Kier molecular flexibility index (Phi) is 8.41. The Morgan fingerprint density at radius 1 is 1.19 bits per heavy atom. The van der Waals surface area contributed by atoms with E-state index in [4.69, 9.17) is 4.74 Å². The van der Waals surface area contributed by atoms with Gasteiger partial charge in [0.1, 0.15) is 10.6 Å². The molecule has 2 heterocycles. The molecule has 0 saturated heterocycles. The lowest BCUT2D eigenvalue weighted by molar-refractivity contribution is 0.104. The number of benzene rings is 1. The number of carbonyl (C=O) groups excluding carboxylic acids is 1. The maximum atomic E-state index is 12.8. The van der Waals surface area contributed by atoms with Gasteiger partial charge in [-0.1, -0.05) is 0 Å². The maximum Gasteiger partial charge on any atom is 0.203 e. The highest BCUT2D eigenvalue weighted by molar-refractivity contribution is 7.79. The second-order valence-electron chi connectivity index (χ2n) is 6.18. The summed E-state index contributed by atoms with van der Waals surface area (Å²) in [6.45, 7) is 4.17. The van der Waals surface area contributed by atoms with Crippen LogP contribution in [0.4, 0.5) is 0 Å². The lowest BCUT2D eigenvalue weighted by Gasteiger charge is -2.07. The minimum atomic E-state index is 0.0724. The molecule has 0 aliphatic heterocycles. The average molecular weight is 405 g/mol. The topological polar surface area (TPSA) is 43.3 Å². The molecule has 0 amide bonds. The van der Waals surface area contributed by atoms with Crippen molar-refractivity contribution in [1.82, 2.24) is 9.88 Å². The molecule has 0 aliphatic rings. The average Bonchev–Trinajstić information content (AvgIpc) is 3.24. The summed E-state index contributed by atoms with van der Waals surface area (Å²) in [7, 11) is 3.61. The number of aromatic nitrogens is 1. The Balaban J connectivity index is 0.00000126. The molecule has 3 rings (SSSR count). The molecule has 6 heteroatoms. The molecule has 1 N–H and O–H groups in total. The third-order valence-electron chi connectivity index (χ3n) is 4.41. The van der Waals surface area contributed by atoms with Gasteiger partial charge in [0.15, 0.2) is 0 Å². The first-order valence-corrected chi connectivity index (χ1v) is 10.7. The molecule has 0 atom stereocenters. The molecule has 27 heavy (non-hydrogen) atoms. The van der Waals surface area contributed by atoms with Gasteiger partial charge in [-0.3, -0.25) is 4.79 Å². The van der Waals surface area contributed by atoms with Crippen molar-refractivity contribution in [2.24, 2.45) is 0 Å². The number of thiophene rings is 1. The van der Waals surface area contributed by atoms with E-state index in [-0.39, 0.29) is 5.78 Å². The molecule has 2 aromatic heterocycles. The minimum Gasteiger partial charge on any atom is -0.497 e. The van der Waals surface area contributed by atoms with E-state index in [9.17, 15) is 4.79 Å². The van der Waals surface area contributed by atoms with Crippen LogP contribution in [-0.4, -0.2) is 37.3 Å². The predicted octanol–water partition coefficient (Wildman–Crippen LogP) is 4.80. The van der Waals surface area contributed by atoms with E-state index < -0.39 is 0 Å². The highest BCUT2D eigenvalue weighted by atomic mass is 32.1. The van der Waals surface area contributed by atoms with Gasteiger partial charge in [-0.15, -0.1) is 11.3 Å². The standard InChI is InChI=1S/C20H24N2O2S.CH4S/c1-14-12-16-13-18(19(23)15-6-8-17(24-3)9-7-15)25-20(16)22(14)11-5-4-10-21-2;1-2/h6-9,12-13,21H,4-5,10-11H2,1-3H3;2H,1H3.